The van der Waals surface area contributed by atoms with E-state index in [9.17, 15) is 4.79 Å². The van der Waals surface area contributed by atoms with Gasteiger partial charge in [-0.2, -0.15) is 11.8 Å². The number of hydrogen-bond acceptors (Lipinski definition) is 3. The number of rotatable bonds is 6. The molecule has 0 saturated carbocycles. The largest absolute Gasteiger partial charge is 0.393 e. The Bertz CT molecular complexity index is 209. The molecule has 3 N–H and O–H groups in total. The molecule has 0 aliphatic heterocycles. The van der Waals surface area contributed by atoms with Crippen LogP contribution in [0.1, 0.15) is 20.3 Å². The summed E-state index contributed by atoms with van der Waals surface area (Å²) in [6.07, 6.45) is 3.02. The standard InChI is InChI=1S/C9H18N2OS2/c1-6(4-5-14-3)11-9(12)7(2)8(10)13/h6-7H,4-5H2,1-3H3,(H2,10,13)(H,11,12). The van der Waals surface area contributed by atoms with Crippen LogP contribution in [0.2, 0.25) is 0 Å². The van der Waals surface area contributed by atoms with Crippen molar-refractivity contribution >= 4 is 34.9 Å². The molecule has 0 bridgehead atoms. The Balaban J connectivity index is 3.87. The summed E-state index contributed by atoms with van der Waals surface area (Å²) in [4.78, 5) is 11.7. The Labute approximate surface area is 95.2 Å². The van der Waals surface area contributed by atoms with Crippen molar-refractivity contribution in [3.63, 3.8) is 0 Å². The van der Waals surface area contributed by atoms with E-state index in [2.05, 4.69) is 5.32 Å². The van der Waals surface area contributed by atoms with Gasteiger partial charge in [-0.1, -0.05) is 12.2 Å². The maximum Gasteiger partial charge on any atom is 0.229 e. The van der Waals surface area contributed by atoms with E-state index in [1.54, 1.807) is 18.7 Å². The second kappa shape index (κ2) is 7.06. The van der Waals surface area contributed by atoms with Crippen LogP contribution >= 0.6 is 24.0 Å². The first kappa shape index (κ1) is 13.7. The van der Waals surface area contributed by atoms with E-state index >= 15 is 0 Å². The Morgan fingerprint density at radius 1 is 1.57 bits per heavy atom. The normalized spacial score (nSPS) is 14.5. The minimum absolute atomic E-state index is 0.0777. The summed E-state index contributed by atoms with van der Waals surface area (Å²) in [5.74, 6) is 0.593. The van der Waals surface area contributed by atoms with E-state index in [-0.39, 0.29) is 22.9 Å². The highest BCUT2D eigenvalue weighted by atomic mass is 32.2. The molecule has 0 rings (SSSR count). The first-order valence-electron chi connectivity index (χ1n) is 4.57. The summed E-state index contributed by atoms with van der Waals surface area (Å²) in [6.45, 7) is 3.71. The van der Waals surface area contributed by atoms with E-state index in [4.69, 9.17) is 18.0 Å². The molecule has 5 heteroatoms. The number of amides is 1. The van der Waals surface area contributed by atoms with E-state index in [1.807, 2.05) is 13.2 Å². The minimum atomic E-state index is -0.373. The zero-order valence-corrected chi connectivity index (χ0v) is 10.5. The quantitative estimate of drug-likeness (QED) is 0.677. The third kappa shape index (κ3) is 5.44. The number of carbonyl (C=O) groups excluding carboxylic acids is 1. The fraction of sp³-hybridized carbons (Fsp3) is 0.778. The number of hydrogen-bond donors (Lipinski definition) is 2. The maximum absolute atomic E-state index is 11.5. The van der Waals surface area contributed by atoms with Crippen LogP contribution in [-0.2, 0) is 4.79 Å². The predicted octanol–water partition coefficient (Wildman–Crippen LogP) is 1.17. The minimum Gasteiger partial charge on any atom is -0.393 e. The number of nitrogens with one attached hydrogen (secondary N) is 1. The Morgan fingerprint density at radius 3 is 2.57 bits per heavy atom. The summed E-state index contributed by atoms with van der Waals surface area (Å²) >= 11 is 6.52. The summed E-state index contributed by atoms with van der Waals surface area (Å²) in [5, 5.41) is 2.88. The van der Waals surface area contributed by atoms with E-state index < -0.39 is 0 Å². The SMILES string of the molecule is CSCCC(C)NC(=O)C(C)C(N)=S. The molecule has 82 valence electrons. The molecule has 0 fully saturated rings. The van der Waals surface area contributed by atoms with Crippen molar-refractivity contribution in [2.45, 2.75) is 26.3 Å². The van der Waals surface area contributed by atoms with Crippen LogP contribution in [0.25, 0.3) is 0 Å². The van der Waals surface area contributed by atoms with Gasteiger partial charge in [-0.15, -0.1) is 0 Å². The van der Waals surface area contributed by atoms with Gasteiger partial charge in [0.25, 0.3) is 0 Å². The van der Waals surface area contributed by atoms with Gasteiger partial charge >= 0.3 is 0 Å². The molecular formula is C9H18N2OS2. The van der Waals surface area contributed by atoms with Crippen molar-refractivity contribution in [1.29, 1.82) is 0 Å². The van der Waals surface area contributed by atoms with Crippen molar-refractivity contribution in [3.05, 3.63) is 0 Å². The molecule has 2 atom stereocenters. The molecule has 3 nitrogen and oxygen atoms in total. The van der Waals surface area contributed by atoms with Crippen LogP contribution in [0.4, 0.5) is 0 Å². The summed E-state index contributed by atoms with van der Waals surface area (Å²) < 4.78 is 0. The van der Waals surface area contributed by atoms with Crippen molar-refractivity contribution < 1.29 is 4.79 Å². The van der Waals surface area contributed by atoms with Crippen molar-refractivity contribution in [2.24, 2.45) is 11.7 Å². The fourth-order valence-electron chi connectivity index (χ4n) is 0.864. The molecule has 0 spiro atoms. The number of carbonyl (C=O) groups is 1. The lowest BCUT2D eigenvalue weighted by molar-refractivity contribution is -0.123. The first-order valence-corrected chi connectivity index (χ1v) is 6.37. The third-order valence-electron chi connectivity index (χ3n) is 1.96. The van der Waals surface area contributed by atoms with E-state index in [1.165, 1.54) is 0 Å². The summed E-state index contributed by atoms with van der Waals surface area (Å²) in [7, 11) is 0. The van der Waals surface area contributed by atoms with Crippen LogP contribution in [0.5, 0.6) is 0 Å². The maximum atomic E-state index is 11.5. The molecule has 0 aromatic carbocycles. The van der Waals surface area contributed by atoms with Gasteiger partial charge in [0.1, 0.15) is 0 Å². The first-order chi connectivity index (χ1) is 6.49. The molecule has 0 aromatic rings. The van der Waals surface area contributed by atoms with E-state index in [0.29, 0.717) is 0 Å². The molecule has 0 aliphatic carbocycles. The van der Waals surface area contributed by atoms with Crippen LogP contribution in [0, 0.1) is 5.92 Å². The van der Waals surface area contributed by atoms with Gasteiger partial charge in [-0.05, 0) is 32.3 Å². The van der Waals surface area contributed by atoms with Gasteiger partial charge in [-0.3, -0.25) is 4.79 Å². The zero-order chi connectivity index (χ0) is 11.1. The van der Waals surface area contributed by atoms with Crippen LogP contribution < -0.4 is 11.1 Å². The van der Waals surface area contributed by atoms with Crippen molar-refractivity contribution in [3.8, 4) is 0 Å². The van der Waals surface area contributed by atoms with Gasteiger partial charge in [0.15, 0.2) is 0 Å². The Hall–Kier alpha value is -0.290. The molecule has 0 aliphatic rings. The second-order valence-corrected chi connectivity index (χ2v) is 4.77. The lowest BCUT2D eigenvalue weighted by atomic mass is 10.1. The average molecular weight is 234 g/mol. The summed E-state index contributed by atoms with van der Waals surface area (Å²) in [6, 6.07) is 0.187. The van der Waals surface area contributed by atoms with Gasteiger partial charge in [-0.25, -0.2) is 0 Å². The van der Waals surface area contributed by atoms with Crippen LogP contribution in [0.15, 0.2) is 0 Å². The Kier molecular flexibility index (Phi) is 6.92. The predicted molar refractivity (Wildman–Crippen MR) is 66.6 cm³/mol. The molecule has 14 heavy (non-hydrogen) atoms. The van der Waals surface area contributed by atoms with E-state index in [0.717, 1.165) is 12.2 Å². The van der Waals surface area contributed by atoms with Gasteiger partial charge in [0, 0.05) is 6.04 Å². The number of nitrogens with two attached hydrogens (primary N) is 1. The molecule has 0 heterocycles. The monoisotopic (exact) mass is 234 g/mol. The molecule has 2 unspecified atom stereocenters. The fourth-order valence-corrected chi connectivity index (χ4v) is 1.56. The second-order valence-electron chi connectivity index (χ2n) is 3.32. The molecule has 0 aromatic heterocycles. The third-order valence-corrected chi connectivity index (χ3v) is 2.96. The van der Waals surface area contributed by atoms with Gasteiger partial charge in [0.2, 0.25) is 5.91 Å². The molecule has 1 amide bonds. The van der Waals surface area contributed by atoms with Crippen molar-refractivity contribution in [1.82, 2.24) is 5.32 Å². The van der Waals surface area contributed by atoms with Gasteiger partial charge < -0.3 is 11.1 Å². The van der Waals surface area contributed by atoms with Gasteiger partial charge in [0.05, 0.1) is 10.9 Å². The highest BCUT2D eigenvalue weighted by molar-refractivity contribution is 7.98. The smallest absolute Gasteiger partial charge is 0.229 e. The van der Waals surface area contributed by atoms with Crippen molar-refractivity contribution in [2.75, 3.05) is 12.0 Å². The molecular weight excluding hydrogens is 216 g/mol. The number of thioether (sulfide) groups is 1. The molecule has 0 saturated heterocycles. The van der Waals surface area contributed by atoms with Crippen LogP contribution in [0.3, 0.4) is 0 Å². The lowest BCUT2D eigenvalue weighted by Crippen LogP contribution is -2.40. The average Bonchev–Trinajstić information content (AvgIpc) is 2.13. The topological polar surface area (TPSA) is 55.1 Å². The number of thiocarbonyl (C=S) groups is 1. The highest BCUT2D eigenvalue weighted by Crippen LogP contribution is 2.02. The molecule has 0 radical (unpaired) electrons. The van der Waals surface area contributed by atoms with Crippen LogP contribution in [-0.4, -0.2) is 28.9 Å². The zero-order valence-electron chi connectivity index (χ0n) is 8.87. The lowest BCUT2D eigenvalue weighted by Gasteiger charge is -2.16. The summed E-state index contributed by atoms with van der Waals surface area (Å²) in [5.41, 5.74) is 5.38. The Morgan fingerprint density at radius 2 is 2.14 bits per heavy atom. The highest BCUT2D eigenvalue weighted by Gasteiger charge is 2.16.